The summed E-state index contributed by atoms with van der Waals surface area (Å²) >= 11 is 0. The van der Waals surface area contributed by atoms with Crippen molar-refractivity contribution in [3.05, 3.63) is 18.6 Å². The highest BCUT2D eigenvalue weighted by Crippen LogP contribution is 1.87. The molecule has 2 N–H and O–H groups in total. The Morgan fingerprint density at radius 2 is 2.57 bits per heavy atom. The van der Waals surface area contributed by atoms with Crippen molar-refractivity contribution in [3.8, 4) is 0 Å². The number of aliphatic imine (C=N–C) groups is 1. The molecule has 1 rings (SSSR count). The maximum atomic E-state index is 8.51. The molecule has 0 aromatic carbocycles. The molecule has 1 aliphatic heterocycles. The highest BCUT2D eigenvalue weighted by atomic mass is 16.3. The number of nitrogens with zero attached hydrogens (tertiary/aromatic N) is 1. The Morgan fingerprint density at radius 3 is 2.86 bits per heavy atom. The molecule has 37 valence electrons. The Morgan fingerprint density at radius 1 is 1.71 bits per heavy atom. The van der Waals surface area contributed by atoms with Crippen LogP contribution in [0.5, 0.6) is 0 Å². The molecule has 0 saturated carbocycles. The number of hydrogen-bond donors (Lipinski definition) is 2. The van der Waals surface area contributed by atoms with Crippen LogP contribution in [-0.2, 0) is 0 Å². The summed E-state index contributed by atoms with van der Waals surface area (Å²) in [6.45, 7) is 0. The molecule has 3 heteroatoms. The van der Waals surface area contributed by atoms with E-state index in [1.165, 1.54) is 6.21 Å². The summed E-state index contributed by atoms with van der Waals surface area (Å²) in [6, 6.07) is 0. The van der Waals surface area contributed by atoms with Crippen molar-refractivity contribution < 1.29 is 5.11 Å². The van der Waals surface area contributed by atoms with Crippen molar-refractivity contribution in [2.24, 2.45) is 4.99 Å². The second-order valence-corrected chi connectivity index (χ2v) is 1.12. The Balaban J connectivity index is 2.49. The highest BCUT2D eigenvalue weighted by molar-refractivity contribution is 5.72. The summed E-state index contributed by atoms with van der Waals surface area (Å²) in [6.07, 6.45) is 4.53. The fourth-order valence-corrected chi connectivity index (χ4v) is 0.317. The van der Waals surface area contributed by atoms with Crippen molar-refractivity contribution in [1.82, 2.24) is 5.32 Å². The Bertz CT molecular complexity index is 108. The molecular weight excluding hydrogens is 92.1 g/mol. The first kappa shape index (κ1) is 4.33. The van der Waals surface area contributed by atoms with Crippen molar-refractivity contribution in [1.29, 1.82) is 0 Å². The van der Waals surface area contributed by atoms with Gasteiger partial charge in [-0.25, -0.2) is 0 Å². The van der Waals surface area contributed by atoms with Gasteiger partial charge in [0.15, 0.2) is 0 Å². The average Bonchev–Trinajstić information content (AvgIpc) is 1.69. The fraction of sp³-hybridized carbons (Fsp3) is 0. The molecule has 0 spiro atoms. The zero-order valence-electron chi connectivity index (χ0n) is 3.63. The highest BCUT2D eigenvalue weighted by Gasteiger charge is 1.96. The molecular formula is C4H5N2O. The van der Waals surface area contributed by atoms with E-state index in [0.717, 1.165) is 0 Å². The van der Waals surface area contributed by atoms with Crippen LogP contribution >= 0.6 is 0 Å². The van der Waals surface area contributed by atoms with Crippen molar-refractivity contribution >= 4 is 6.21 Å². The standard InChI is InChI=1S/C4H5N2O/c7-4-3-5-1-2-6-4/h1-3,6-7H. The van der Waals surface area contributed by atoms with Crippen molar-refractivity contribution in [2.75, 3.05) is 0 Å². The molecule has 0 atom stereocenters. The molecule has 0 aromatic rings. The van der Waals surface area contributed by atoms with Crippen LogP contribution in [0.3, 0.4) is 0 Å². The van der Waals surface area contributed by atoms with E-state index >= 15 is 0 Å². The van der Waals surface area contributed by atoms with Crippen molar-refractivity contribution in [3.63, 3.8) is 0 Å². The van der Waals surface area contributed by atoms with E-state index in [1.807, 2.05) is 0 Å². The second-order valence-electron chi connectivity index (χ2n) is 1.12. The SMILES string of the molecule is O[C]1C=NC=CN1. The lowest BCUT2D eigenvalue weighted by Gasteiger charge is -2.02. The number of aliphatic hydroxyl groups is 1. The van der Waals surface area contributed by atoms with Gasteiger partial charge in [-0.1, -0.05) is 0 Å². The third-order valence-corrected chi connectivity index (χ3v) is 0.589. The Hall–Kier alpha value is -0.830. The number of nitrogens with one attached hydrogen (secondary N) is 1. The van der Waals surface area contributed by atoms with Gasteiger partial charge in [0.05, 0.1) is 6.21 Å². The molecule has 0 saturated heterocycles. The van der Waals surface area contributed by atoms with Gasteiger partial charge >= 0.3 is 0 Å². The fourth-order valence-electron chi connectivity index (χ4n) is 0.317. The van der Waals surface area contributed by atoms with Crippen LogP contribution in [-0.4, -0.2) is 11.3 Å². The van der Waals surface area contributed by atoms with Crippen LogP contribution in [0, 0.1) is 6.23 Å². The molecule has 1 radical (unpaired) electrons. The second kappa shape index (κ2) is 1.75. The van der Waals surface area contributed by atoms with Gasteiger partial charge in [-0.05, 0) is 0 Å². The van der Waals surface area contributed by atoms with Gasteiger partial charge in [0, 0.05) is 12.4 Å². The van der Waals surface area contributed by atoms with E-state index in [0.29, 0.717) is 0 Å². The lowest BCUT2D eigenvalue weighted by molar-refractivity contribution is 0.329. The summed E-state index contributed by atoms with van der Waals surface area (Å²) < 4.78 is 0. The lowest BCUT2D eigenvalue weighted by atomic mass is 10.6. The lowest BCUT2D eigenvalue weighted by Crippen LogP contribution is -2.17. The Labute approximate surface area is 41.4 Å². The van der Waals surface area contributed by atoms with Crippen LogP contribution in [0.4, 0.5) is 0 Å². The molecule has 7 heavy (non-hydrogen) atoms. The van der Waals surface area contributed by atoms with Gasteiger partial charge < -0.3 is 10.4 Å². The number of aliphatic hydroxyl groups excluding tert-OH is 1. The predicted octanol–water partition coefficient (Wildman–Crippen LogP) is -0.00641. The third-order valence-electron chi connectivity index (χ3n) is 0.589. The molecule has 0 aromatic heterocycles. The largest absolute Gasteiger partial charge is 0.362 e. The summed E-state index contributed by atoms with van der Waals surface area (Å²) in [7, 11) is 0. The number of rotatable bonds is 0. The van der Waals surface area contributed by atoms with Gasteiger partial charge in [-0.2, -0.15) is 0 Å². The van der Waals surface area contributed by atoms with Crippen LogP contribution < -0.4 is 5.32 Å². The zero-order chi connectivity index (χ0) is 5.11. The van der Waals surface area contributed by atoms with Gasteiger partial charge in [-0.15, -0.1) is 0 Å². The van der Waals surface area contributed by atoms with E-state index in [1.54, 1.807) is 12.4 Å². The molecule has 0 amide bonds. The average molecular weight is 97.1 g/mol. The van der Waals surface area contributed by atoms with Crippen LogP contribution in [0.25, 0.3) is 0 Å². The van der Waals surface area contributed by atoms with Gasteiger partial charge in [-0.3, -0.25) is 4.99 Å². The third kappa shape index (κ3) is 1.01. The summed E-state index contributed by atoms with van der Waals surface area (Å²) in [4.78, 5) is 3.60. The minimum atomic E-state index is 0.0856. The molecule has 0 aliphatic carbocycles. The van der Waals surface area contributed by atoms with Crippen molar-refractivity contribution in [2.45, 2.75) is 0 Å². The van der Waals surface area contributed by atoms with E-state index in [4.69, 9.17) is 5.11 Å². The van der Waals surface area contributed by atoms with Crippen LogP contribution in [0.1, 0.15) is 0 Å². The molecule has 0 unspecified atom stereocenters. The molecule has 3 nitrogen and oxygen atoms in total. The topological polar surface area (TPSA) is 44.6 Å². The maximum Gasteiger partial charge on any atom is 0.226 e. The minimum Gasteiger partial charge on any atom is -0.362 e. The first-order valence-electron chi connectivity index (χ1n) is 1.90. The summed E-state index contributed by atoms with van der Waals surface area (Å²) in [5.74, 6) is 0. The zero-order valence-corrected chi connectivity index (χ0v) is 3.63. The van der Waals surface area contributed by atoms with Gasteiger partial charge in [0.25, 0.3) is 0 Å². The van der Waals surface area contributed by atoms with Gasteiger partial charge in [0.2, 0.25) is 6.23 Å². The van der Waals surface area contributed by atoms with Crippen LogP contribution in [0.2, 0.25) is 0 Å². The smallest absolute Gasteiger partial charge is 0.226 e. The van der Waals surface area contributed by atoms with E-state index in [2.05, 4.69) is 10.3 Å². The Kier molecular flexibility index (Phi) is 1.08. The molecule has 1 heterocycles. The number of hydrogen-bond acceptors (Lipinski definition) is 3. The van der Waals surface area contributed by atoms with E-state index in [9.17, 15) is 0 Å². The minimum absolute atomic E-state index is 0.0856. The van der Waals surface area contributed by atoms with Crippen LogP contribution in [0.15, 0.2) is 17.4 Å². The summed E-state index contributed by atoms with van der Waals surface area (Å²) in [5.41, 5.74) is 0. The monoisotopic (exact) mass is 97.0 g/mol. The molecule has 0 bridgehead atoms. The van der Waals surface area contributed by atoms with Gasteiger partial charge in [0.1, 0.15) is 0 Å². The van der Waals surface area contributed by atoms with E-state index in [-0.39, 0.29) is 6.23 Å². The first-order valence-corrected chi connectivity index (χ1v) is 1.90. The molecule has 1 aliphatic rings. The maximum absolute atomic E-state index is 8.51. The predicted molar refractivity (Wildman–Crippen MR) is 25.9 cm³/mol. The summed E-state index contributed by atoms with van der Waals surface area (Å²) in [5, 5.41) is 11.0. The first-order chi connectivity index (χ1) is 3.39. The quantitative estimate of drug-likeness (QED) is 0.446. The molecule has 0 fully saturated rings. The van der Waals surface area contributed by atoms with E-state index < -0.39 is 0 Å². The normalized spacial score (nSPS) is 19.6.